The maximum Gasteiger partial charge on any atom is 0.0434 e. The van der Waals surface area contributed by atoms with Crippen LogP contribution in [-0.2, 0) is 0 Å². The summed E-state index contributed by atoms with van der Waals surface area (Å²) in [6, 6.07) is 0. The molecule has 0 fully saturated rings. The Morgan fingerprint density at radius 3 is 2.92 bits per heavy atom. The van der Waals surface area contributed by atoms with Gasteiger partial charge in [0.2, 0.25) is 0 Å². The zero-order chi connectivity index (χ0) is 8.81. The molecule has 1 aliphatic rings. The van der Waals surface area contributed by atoms with Crippen LogP contribution in [0.2, 0.25) is 0 Å². The predicted molar refractivity (Wildman–Crippen MR) is 51.1 cm³/mol. The molecule has 0 amide bonds. The number of aliphatic hydroxyl groups is 1. The van der Waals surface area contributed by atoms with Gasteiger partial charge in [-0.1, -0.05) is 18.6 Å². The molecule has 0 aromatic carbocycles. The van der Waals surface area contributed by atoms with E-state index < -0.39 is 0 Å². The fraction of sp³-hybridized carbons (Fsp3) is 0.800. The highest BCUT2D eigenvalue weighted by Gasteiger charge is 2.08. The van der Waals surface area contributed by atoms with Gasteiger partial charge in [0.1, 0.15) is 0 Å². The minimum Gasteiger partial charge on any atom is -0.396 e. The average Bonchev–Trinajstić information content (AvgIpc) is 2.15. The molecule has 0 aromatic rings. The molecule has 0 aliphatic carbocycles. The molecule has 1 rings (SSSR count). The summed E-state index contributed by atoms with van der Waals surface area (Å²) in [5, 5.41) is 8.66. The number of aliphatic hydroxyl groups excluding tert-OH is 1. The standard InChI is InChI=1S/C10H19NO/c1-2-11-7-5-10(6-8-11)4-3-9-12/h5,12H,2-4,6-9H2,1H3. The number of hydrogen-bond acceptors (Lipinski definition) is 2. The highest BCUT2D eigenvalue weighted by molar-refractivity contribution is 5.06. The zero-order valence-electron chi connectivity index (χ0n) is 7.92. The Balaban J connectivity index is 2.24. The van der Waals surface area contributed by atoms with Crippen molar-refractivity contribution in [3.8, 4) is 0 Å². The van der Waals surface area contributed by atoms with Crippen LogP contribution in [0.1, 0.15) is 26.2 Å². The molecule has 12 heavy (non-hydrogen) atoms. The first kappa shape index (κ1) is 9.75. The molecule has 1 heterocycles. The zero-order valence-corrected chi connectivity index (χ0v) is 7.92. The van der Waals surface area contributed by atoms with Gasteiger partial charge in [0.05, 0.1) is 0 Å². The monoisotopic (exact) mass is 169 g/mol. The summed E-state index contributed by atoms with van der Waals surface area (Å²) in [5.74, 6) is 0. The Morgan fingerprint density at radius 2 is 2.42 bits per heavy atom. The minimum atomic E-state index is 0.328. The molecule has 0 saturated heterocycles. The van der Waals surface area contributed by atoms with Crippen molar-refractivity contribution >= 4 is 0 Å². The van der Waals surface area contributed by atoms with Crippen molar-refractivity contribution in [1.29, 1.82) is 0 Å². The molecule has 2 nitrogen and oxygen atoms in total. The van der Waals surface area contributed by atoms with E-state index in [1.807, 2.05) is 0 Å². The lowest BCUT2D eigenvalue weighted by atomic mass is 10.0. The van der Waals surface area contributed by atoms with E-state index in [0.717, 1.165) is 25.9 Å². The molecule has 0 spiro atoms. The van der Waals surface area contributed by atoms with E-state index in [0.29, 0.717) is 6.61 Å². The quantitative estimate of drug-likeness (QED) is 0.643. The van der Waals surface area contributed by atoms with Gasteiger partial charge < -0.3 is 5.11 Å². The van der Waals surface area contributed by atoms with Crippen molar-refractivity contribution in [2.45, 2.75) is 26.2 Å². The summed E-state index contributed by atoms with van der Waals surface area (Å²) in [6.45, 7) is 6.00. The minimum absolute atomic E-state index is 0.328. The second-order valence-electron chi connectivity index (χ2n) is 3.33. The molecule has 2 heteroatoms. The highest BCUT2D eigenvalue weighted by Crippen LogP contribution is 2.14. The fourth-order valence-corrected chi connectivity index (χ4v) is 1.57. The van der Waals surface area contributed by atoms with Crippen LogP contribution in [0, 0.1) is 0 Å². The van der Waals surface area contributed by atoms with E-state index in [9.17, 15) is 0 Å². The third-order valence-electron chi connectivity index (χ3n) is 2.49. The summed E-state index contributed by atoms with van der Waals surface area (Å²) in [7, 11) is 0. The van der Waals surface area contributed by atoms with Crippen molar-refractivity contribution in [3.63, 3.8) is 0 Å². The van der Waals surface area contributed by atoms with Crippen LogP contribution in [0.3, 0.4) is 0 Å². The van der Waals surface area contributed by atoms with Gasteiger partial charge in [-0.15, -0.1) is 0 Å². The van der Waals surface area contributed by atoms with Gasteiger partial charge in [-0.2, -0.15) is 0 Å². The van der Waals surface area contributed by atoms with Crippen LogP contribution >= 0.6 is 0 Å². The molecule has 0 bridgehead atoms. The second-order valence-corrected chi connectivity index (χ2v) is 3.33. The van der Waals surface area contributed by atoms with E-state index in [1.54, 1.807) is 0 Å². The molecule has 1 aliphatic heterocycles. The Hall–Kier alpha value is -0.340. The largest absolute Gasteiger partial charge is 0.396 e. The molecule has 0 unspecified atom stereocenters. The van der Waals surface area contributed by atoms with Gasteiger partial charge in [0.25, 0.3) is 0 Å². The Kier molecular flexibility index (Phi) is 4.33. The van der Waals surface area contributed by atoms with E-state index in [2.05, 4.69) is 17.9 Å². The van der Waals surface area contributed by atoms with E-state index in [-0.39, 0.29) is 0 Å². The molecule has 1 N–H and O–H groups in total. The molecular formula is C10H19NO. The van der Waals surface area contributed by atoms with Gasteiger partial charge >= 0.3 is 0 Å². The van der Waals surface area contributed by atoms with Gasteiger partial charge in [-0.3, -0.25) is 4.90 Å². The molecule has 0 radical (unpaired) electrons. The smallest absolute Gasteiger partial charge is 0.0434 e. The molecule has 70 valence electrons. The highest BCUT2D eigenvalue weighted by atomic mass is 16.2. The van der Waals surface area contributed by atoms with Crippen molar-refractivity contribution in [2.75, 3.05) is 26.2 Å². The van der Waals surface area contributed by atoms with Gasteiger partial charge in [0, 0.05) is 19.7 Å². The summed E-state index contributed by atoms with van der Waals surface area (Å²) in [6.07, 6.45) is 5.54. The third kappa shape index (κ3) is 2.95. The molecular weight excluding hydrogens is 150 g/mol. The lowest BCUT2D eigenvalue weighted by Crippen LogP contribution is -2.28. The maximum absolute atomic E-state index is 8.66. The summed E-state index contributed by atoms with van der Waals surface area (Å²) in [5.41, 5.74) is 1.54. The molecule has 0 saturated carbocycles. The lowest BCUT2D eigenvalue weighted by molar-refractivity contribution is 0.281. The van der Waals surface area contributed by atoms with E-state index >= 15 is 0 Å². The van der Waals surface area contributed by atoms with Crippen LogP contribution in [-0.4, -0.2) is 36.2 Å². The number of rotatable bonds is 4. The van der Waals surface area contributed by atoms with Crippen molar-refractivity contribution in [2.24, 2.45) is 0 Å². The van der Waals surface area contributed by atoms with Crippen LogP contribution in [0.15, 0.2) is 11.6 Å². The Labute approximate surface area is 74.9 Å². The number of nitrogens with zero attached hydrogens (tertiary/aromatic N) is 1. The van der Waals surface area contributed by atoms with Gasteiger partial charge in [-0.05, 0) is 25.8 Å². The first-order valence-corrected chi connectivity index (χ1v) is 4.88. The lowest BCUT2D eigenvalue weighted by Gasteiger charge is -2.24. The first-order chi connectivity index (χ1) is 5.86. The maximum atomic E-state index is 8.66. The summed E-state index contributed by atoms with van der Waals surface area (Å²) >= 11 is 0. The Bertz CT molecular complexity index is 154. The molecule has 0 atom stereocenters. The predicted octanol–water partition coefficient (Wildman–Crippen LogP) is 1.41. The van der Waals surface area contributed by atoms with Crippen LogP contribution in [0.25, 0.3) is 0 Å². The Morgan fingerprint density at radius 1 is 1.58 bits per heavy atom. The summed E-state index contributed by atoms with van der Waals surface area (Å²) < 4.78 is 0. The molecule has 0 aromatic heterocycles. The topological polar surface area (TPSA) is 23.5 Å². The normalized spacial score (nSPS) is 19.3. The fourth-order valence-electron chi connectivity index (χ4n) is 1.57. The van der Waals surface area contributed by atoms with Crippen LogP contribution in [0.5, 0.6) is 0 Å². The second kappa shape index (κ2) is 5.33. The van der Waals surface area contributed by atoms with E-state index in [4.69, 9.17) is 5.11 Å². The van der Waals surface area contributed by atoms with Gasteiger partial charge in [-0.25, -0.2) is 0 Å². The SMILES string of the molecule is CCN1CC=C(CCCO)CC1. The van der Waals surface area contributed by atoms with Crippen molar-refractivity contribution < 1.29 is 5.11 Å². The first-order valence-electron chi connectivity index (χ1n) is 4.88. The van der Waals surface area contributed by atoms with E-state index in [1.165, 1.54) is 18.5 Å². The average molecular weight is 169 g/mol. The third-order valence-corrected chi connectivity index (χ3v) is 2.49. The van der Waals surface area contributed by atoms with Crippen molar-refractivity contribution in [3.05, 3.63) is 11.6 Å². The number of likely N-dealkylation sites (N-methyl/N-ethyl adjacent to an activating group) is 1. The van der Waals surface area contributed by atoms with Crippen LogP contribution < -0.4 is 0 Å². The number of hydrogen-bond donors (Lipinski definition) is 1. The van der Waals surface area contributed by atoms with Gasteiger partial charge in [0.15, 0.2) is 0 Å². The summed E-state index contributed by atoms with van der Waals surface area (Å²) in [4.78, 5) is 2.43. The van der Waals surface area contributed by atoms with Crippen molar-refractivity contribution in [1.82, 2.24) is 4.90 Å². The van der Waals surface area contributed by atoms with Crippen LogP contribution in [0.4, 0.5) is 0 Å².